The second kappa shape index (κ2) is 6.61. The molecule has 1 aromatic carbocycles. The van der Waals surface area contributed by atoms with Crippen LogP contribution in [-0.2, 0) is 11.3 Å². The zero-order valence-corrected chi connectivity index (χ0v) is 12.3. The van der Waals surface area contributed by atoms with E-state index in [9.17, 15) is 14.7 Å². The van der Waals surface area contributed by atoms with Crippen molar-refractivity contribution in [3.63, 3.8) is 0 Å². The van der Waals surface area contributed by atoms with Crippen LogP contribution in [0.1, 0.15) is 31.2 Å². The van der Waals surface area contributed by atoms with Crippen LogP contribution >= 0.6 is 0 Å². The first-order valence-corrected chi connectivity index (χ1v) is 7.30. The summed E-state index contributed by atoms with van der Waals surface area (Å²) in [6.45, 7) is 0.715. The second-order valence-corrected chi connectivity index (χ2v) is 5.79. The summed E-state index contributed by atoms with van der Waals surface area (Å²) in [5.41, 5.74) is 0.271. The van der Waals surface area contributed by atoms with E-state index in [1.807, 2.05) is 30.3 Å². The molecule has 5 heteroatoms. The van der Waals surface area contributed by atoms with Gasteiger partial charge < -0.3 is 15.3 Å². The first-order chi connectivity index (χ1) is 10.0. The van der Waals surface area contributed by atoms with Gasteiger partial charge in [0.2, 0.25) is 0 Å². The standard InChI is InChI=1S/C16H22N2O3/c1-18(11-13-7-3-2-4-8-13)15(21)17-12-16(14(19)20)9-5-6-10-16/h2-4,7-8H,5-6,9-12H2,1H3,(H,17,21)(H,19,20). The van der Waals surface area contributed by atoms with Gasteiger partial charge in [-0.3, -0.25) is 4.79 Å². The van der Waals surface area contributed by atoms with Crippen molar-refractivity contribution < 1.29 is 14.7 Å². The lowest BCUT2D eigenvalue weighted by atomic mass is 9.86. The van der Waals surface area contributed by atoms with Gasteiger partial charge in [0.25, 0.3) is 0 Å². The van der Waals surface area contributed by atoms with Crippen LogP contribution in [0, 0.1) is 5.41 Å². The summed E-state index contributed by atoms with van der Waals surface area (Å²) < 4.78 is 0. The molecule has 0 bridgehead atoms. The van der Waals surface area contributed by atoms with Crippen LogP contribution in [0.5, 0.6) is 0 Å². The summed E-state index contributed by atoms with van der Waals surface area (Å²) in [6.07, 6.45) is 3.13. The van der Waals surface area contributed by atoms with Crippen molar-refractivity contribution in [2.75, 3.05) is 13.6 Å². The number of nitrogens with one attached hydrogen (secondary N) is 1. The van der Waals surface area contributed by atoms with Crippen molar-refractivity contribution in [3.8, 4) is 0 Å². The minimum absolute atomic E-state index is 0.209. The molecule has 5 nitrogen and oxygen atoms in total. The molecule has 0 aliphatic heterocycles. The first-order valence-electron chi connectivity index (χ1n) is 7.30. The Morgan fingerprint density at radius 2 is 1.86 bits per heavy atom. The van der Waals surface area contributed by atoms with Crippen LogP contribution in [0.15, 0.2) is 30.3 Å². The maximum absolute atomic E-state index is 12.1. The number of amides is 2. The average molecular weight is 290 g/mol. The number of hydrogen-bond acceptors (Lipinski definition) is 2. The van der Waals surface area contributed by atoms with E-state index in [2.05, 4.69) is 5.32 Å². The summed E-state index contributed by atoms with van der Waals surface area (Å²) >= 11 is 0. The lowest BCUT2D eigenvalue weighted by molar-refractivity contribution is -0.148. The van der Waals surface area contributed by atoms with E-state index in [1.54, 1.807) is 11.9 Å². The molecule has 2 amide bonds. The number of carbonyl (C=O) groups is 2. The zero-order chi connectivity index (χ0) is 15.3. The number of aliphatic carboxylic acids is 1. The number of carbonyl (C=O) groups excluding carboxylic acids is 1. The van der Waals surface area contributed by atoms with Crippen molar-refractivity contribution in [1.82, 2.24) is 10.2 Å². The molecule has 0 radical (unpaired) electrons. The molecular weight excluding hydrogens is 268 g/mol. The summed E-state index contributed by atoms with van der Waals surface area (Å²) in [5.74, 6) is -0.800. The quantitative estimate of drug-likeness (QED) is 0.875. The highest BCUT2D eigenvalue weighted by Gasteiger charge is 2.41. The topological polar surface area (TPSA) is 69.6 Å². The molecule has 2 N–H and O–H groups in total. The monoisotopic (exact) mass is 290 g/mol. The molecule has 0 heterocycles. The zero-order valence-electron chi connectivity index (χ0n) is 12.3. The van der Waals surface area contributed by atoms with Crippen molar-refractivity contribution in [1.29, 1.82) is 0 Å². The molecule has 1 fully saturated rings. The van der Waals surface area contributed by atoms with Crippen LogP contribution in [-0.4, -0.2) is 35.6 Å². The summed E-state index contributed by atoms with van der Waals surface area (Å²) in [6, 6.07) is 9.48. The summed E-state index contributed by atoms with van der Waals surface area (Å²) in [7, 11) is 1.71. The SMILES string of the molecule is CN(Cc1ccccc1)C(=O)NCC1(C(=O)O)CCCC1. The summed E-state index contributed by atoms with van der Waals surface area (Å²) in [5, 5.41) is 12.2. The molecule has 2 rings (SSSR count). The number of nitrogens with zero attached hydrogens (tertiary/aromatic N) is 1. The number of urea groups is 1. The van der Waals surface area contributed by atoms with Crippen molar-refractivity contribution in [2.45, 2.75) is 32.2 Å². The molecule has 21 heavy (non-hydrogen) atoms. The van der Waals surface area contributed by atoms with Crippen LogP contribution < -0.4 is 5.32 Å². The van der Waals surface area contributed by atoms with Crippen molar-refractivity contribution in [3.05, 3.63) is 35.9 Å². The van der Waals surface area contributed by atoms with Crippen LogP contribution in [0.4, 0.5) is 4.79 Å². The van der Waals surface area contributed by atoms with Gasteiger partial charge in [-0.25, -0.2) is 4.79 Å². The van der Waals surface area contributed by atoms with E-state index in [-0.39, 0.29) is 12.6 Å². The molecule has 0 atom stereocenters. The third kappa shape index (κ3) is 3.74. The van der Waals surface area contributed by atoms with E-state index in [1.165, 1.54) is 0 Å². The van der Waals surface area contributed by atoms with Crippen molar-refractivity contribution in [2.24, 2.45) is 5.41 Å². The van der Waals surface area contributed by atoms with Crippen molar-refractivity contribution >= 4 is 12.0 Å². The molecule has 0 saturated heterocycles. The second-order valence-electron chi connectivity index (χ2n) is 5.79. The third-order valence-corrected chi connectivity index (χ3v) is 4.20. The van der Waals surface area contributed by atoms with E-state index in [0.717, 1.165) is 18.4 Å². The van der Waals surface area contributed by atoms with Gasteiger partial charge in [-0.2, -0.15) is 0 Å². The molecule has 0 spiro atoms. The lowest BCUT2D eigenvalue weighted by Gasteiger charge is -2.26. The largest absolute Gasteiger partial charge is 0.481 e. The van der Waals surface area contributed by atoms with E-state index < -0.39 is 11.4 Å². The lowest BCUT2D eigenvalue weighted by Crippen LogP contribution is -2.45. The number of benzene rings is 1. The maximum atomic E-state index is 12.1. The minimum Gasteiger partial charge on any atom is -0.481 e. The Balaban J connectivity index is 1.87. The maximum Gasteiger partial charge on any atom is 0.317 e. The Morgan fingerprint density at radius 1 is 1.24 bits per heavy atom. The Labute approximate surface area is 125 Å². The Kier molecular flexibility index (Phi) is 4.83. The number of hydrogen-bond donors (Lipinski definition) is 2. The first kappa shape index (κ1) is 15.4. The van der Waals surface area contributed by atoms with Gasteiger partial charge in [0.05, 0.1) is 5.41 Å². The van der Waals surface area contributed by atoms with Gasteiger partial charge in [0.15, 0.2) is 0 Å². The Hall–Kier alpha value is -2.04. The van der Waals surface area contributed by atoms with Gasteiger partial charge >= 0.3 is 12.0 Å². The van der Waals surface area contributed by atoms with Crippen LogP contribution in [0.3, 0.4) is 0 Å². The van der Waals surface area contributed by atoms with E-state index >= 15 is 0 Å². The van der Waals surface area contributed by atoms with Gasteiger partial charge in [0.1, 0.15) is 0 Å². The highest BCUT2D eigenvalue weighted by molar-refractivity contribution is 5.78. The Bertz CT molecular complexity index is 496. The molecule has 0 unspecified atom stereocenters. The molecule has 1 saturated carbocycles. The normalized spacial score (nSPS) is 16.4. The number of rotatable bonds is 5. The molecule has 114 valence electrons. The minimum atomic E-state index is -0.800. The molecule has 1 aromatic rings. The third-order valence-electron chi connectivity index (χ3n) is 4.20. The molecule has 0 aromatic heterocycles. The molecular formula is C16H22N2O3. The molecule has 1 aliphatic rings. The predicted molar refractivity (Wildman–Crippen MR) is 79.8 cm³/mol. The van der Waals surface area contributed by atoms with Gasteiger partial charge in [-0.1, -0.05) is 43.2 Å². The van der Waals surface area contributed by atoms with Gasteiger partial charge in [0, 0.05) is 20.1 Å². The fourth-order valence-corrected chi connectivity index (χ4v) is 2.83. The smallest absolute Gasteiger partial charge is 0.317 e. The van der Waals surface area contributed by atoms with Gasteiger partial charge in [-0.15, -0.1) is 0 Å². The van der Waals surface area contributed by atoms with Crippen LogP contribution in [0.2, 0.25) is 0 Å². The number of carboxylic acid groups (broad SMARTS) is 1. The highest BCUT2D eigenvalue weighted by atomic mass is 16.4. The predicted octanol–water partition coefficient (Wildman–Crippen LogP) is 2.47. The van der Waals surface area contributed by atoms with E-state index in [4.69, 9.17) is 0 Å². The summed E-state index contributed by atoms with van der Waals surface area (Å²) in [4.78, 5) is 25.1. The molecule has 1 aliphatic carbocycles. The number of carboxylic acids is 1. The van der Waals surface area contributed by atoms with E-state index in [0.29, 0.717) is 19.4 Å². The van der Waals surface area contributed by atoms with Gasteiger partial charge in [-0.05, 0) is 18.4 Å². The Morgan fingerprint density at radius 3 is 2.43 bits per heavy atom. The fourth-order valence-electron chi connectivity index (χ4n) is 2.83. The van der Waals surface area contributed by atoms with Crippen LogP contribution in [0.25, 0.3) is 0 Å². The average Bonchev–Trinajstić information content (AvgIpc) is 2.96. The highest BCUT2D eigenvalue weighted by Crippen LogP contribution is 2.37. The fraction of sp³-hybridized carbons (Fsp3) is 0.500.